The van der Waals surface area contributed by atoms with Gasteiger partial charge in [-0.05, 0) is 12.8 Å². The maximum absolute atomic E-state index is 11.2. The van der Waals surface area contributed by atoms with Gasteiger partial charge in [0.15, 0.2) is 0 Å². The summed E-state index contributed by atoms with van der Waals surface area (Å²) in [5.41, 5.74) is 0. The molecule has 1 unspecified atom stereocenters. The molecule has 0 saturated heterocycles. The normalized spacial score (nSPS) is 12.2. The highest BCUT2D eigenvalue weighted by Gasteiger charge is 2.14. The summed E-state index contributed by atoms with van der Waals surface area (Å²) in [5, 5.41) is 0. The summed E-state index contributed by atoms with van der Waals surface area (Å²) >= 11 is 0. The van der Waals surface area contributed by atoms with Crippen molar-refractivity contribution in [2.45, 2.75) is 33.1 Å². The van der Waals surface area contributed by atoms with Gasteiger partial charge in [-0.1, -0.05) is 26.3 Å². The monoisotopic (exact) mass is 170 g/mol. The van der Waals surface area contributed by atoms with Crippen molar-refractivity contribution in [1.82, 2.24) is 0 Å². The van der Waals surface area contributed by atoms with Crippen LogP contribution in [0.1, 0.15) is 33.1 Å². The summed E-state index contributed by atoms with van der Waals surface area (Å²) < 4.78 is 4.99. The quantitative estimate of drug-likeness (QED) is 0.452. The van der Waals surface area contributed by atoms with Gasteiger partial charge in [0.25, 0.3) is 0 Å². The third-order valence-electron chi connectivity index (χ3n) is 1.64. The molecule has 0 amide bonds. The van der Waals surface area contributed by atoms with Gasteiger partial charge >= 0.3 is 5.97 Å². The fraction of sp³-hybridized carbons (Fsp3) is 0.700. The highest BCUT2D eigenvalue weighted by molar-refractivity contribution is 5.74. The molecular formula is C10H18O2. The van der Waals surface area contributed by atoms with Crippen LogP contribution in [0.5, 0.6) is 0 Å². The molecule has 2 nitrogen and oxygen atoms in total. The van der Waals surface area contributed by atoms with Crippen LogP contribution < -0.4 is 0 Å². The number of ether oxygens (including phenoxy) is 1. The minimum absolute atomic E-state index is 0.110. The van der Waals surface area contributed by atoms with E-state index in [0.717, 1.165) is 19.3 Å². The van der Waals surface area contributed by atoms with Crippen LogP contribution in [-0.4, -0.2) is 12.6 Å². The van der Waals surface area contributed by atoms with Crippen LogP contribution in [0.2, 0.25) is 0 Å². The maximum atomic E-state index is 11.2. The molecule has 0 fully saturated rings. The number of carbonyl (C=O) groups is 1. The van der Waals surface area contributed by atoms with Gasteiger partial charge in [0.1, 0.15) is 0 Å². The van der Waals surface area contributed by atoms with E-state index in [1.165, 1.54) is 0 Å². The zero-order chi connectivity index (χ0) is 9.40. The van der Waals surface area contributed by atoms with Gasteiger partial charge in [-0.25, -0.2) is 0 Å². The standard InChI is InChI=1S/C10H18O2/c1-4-7-9(6-3)10(11)12-8-5-2/h6,9H,3-5,7-8H2,1-2H3. The molecule has 0 radical (unpaired) electrons. The van der Waals surface area contributed by atoms with Gasteiger partial charge in [0, 0.05) is 0 Å². The van der Waals surface area contributed by atoms with Gasteiger partial charge in [-0.3, -0.25) is 4.79 Å². The molecule has 0 aliphatic rings. The van der Waals surface area contributed by atoms with E-state index in [1.54, 1.807) is 6.08 Å². The highest BCUT2D eigenvalue weighted by Crippen LogP contribution is 2.09. The largest absolute Gasteiger partial charge is 0.465 e. The topological polar surface area (TPSA) is 26.3 Å². The second kappa shape index (κ2) is 6.89. The highest BCUT2D eigenvalue weighted by atomic mass is 16.5. The second-order valence-electron chi connectivity index (χ2n) is 2.80. The SMILES string of the molecule is C=CC(CCC)C(=O)OCCC. The number of hydrogen-bond acceptors (Lipinski definition) is 2. The number of carbonyl (C=O) groups excluding carboxylic acids is 1. The maximum Gasteiger partial charge on any atom is 0.312 e. The summed E-state index contributed by atoms with van der Waals surface area (Å²) in [5.74, 6) is -0.241. The van der Waals surface area contributed by atoms with E-state index >= 15 is 0 Å². The Morgan fingerprint density at radius 1 is 1.50 bits per heavy atom. The third kappa shape index (κ3) is 4.16. The predicted octanol–water partition coefficient (Wildman–Crippen LogP) is 2.54. The van der Waals surface area contributed by atoms with Crippen LogP contribution in [0.3, 0.4) is 0 Å². The van der Waals surface area contributed by atoms with Crippen molar-refractivity contribution in [2.24, 2.45) is 5.92 Å². The van der Waals surface area contributed by atoms with Gasteiger partial charge < -0.3 is 4.74 Å². The van der Waals surface area contributed by atoms with Crippen LogP contribution >= 0.6 is 0 Å². The van der Waals surface area contributed by atoms with Crippen LogP contribution in [0.4, 0.5) is 0 Å². The number of hydrogen-bond donors (Lipinski definition) is 0. The van der Waals surface area contributed by atoms with E-state index < -0.39 is 0 Å². The Morgan fingerprint density at radius 3 is 2.58 bits per heavy atom. The van der Waals surface area contributed by atoms with Crippen molar-refractivity contribution in [1.29, 1.82) is 0 Å². The molecule has 0 spiro atoms. The Labute approximate surface area is 74.6 Å². The summed E-state index contributed by atoms with van der Waals surface area (Å²) in [6, 6.07) is 0. The number of esters is 1. The molecule has 12 heavy (non-hydrogen) atoms. The molecule has 0 aliphatic heterocycles. The average Bonchev–Trinajstić information content (AvgIpc) is 2.10. The Balaban J connectivity index is 3.77. The minimum Gasteiger partial charge on any atom is -0.465 e. The van der Waals surface area contributed by atoms with E-state index in [-0.39, 0.29) is 11.9 Å². The molecule has 0 aromatic heterocycles. The molecule has 0 aromatic rings. The molecule has 0 aliphatic carbocycles. The second-order valence-corrected chi connectivity index (χ2v) is 2.80. The lowest BCUT2D eigenvalue weighted by Gasteiger charge is -2.09. The molecule has 0 saturated carbocycles. The molecule has 1 atom stereocenters. The van der Waals surface area contributed by atoms with Crippen molar-refractivity contribution in [3.05, 3.63) is 12.7 Å². The van der Waals surface area contributed by atoms with Gasteiger partial charge in [0.05, 0.1) is 12.5 Å². The van der Waals surface area contributed by atoms with Crippen LogP contribution in [0.15, 0.2) is 12.7 Å². The van der Waals surface area contributed by atoms with Crippen LogP contribution in [-0.2, 0) is 9.53 Å². The predicted molar refractivity (Wildman–Crippen MR) is 49.8 cm³/mol. The first-order valence-corrected chi connectivity index (χ1v) is 4.55. The molecule has 0 N–H and O–H groups in total. The van der Waals surface area contributed by atoms with Crippen LogP contribution in [0, 0.1) is 5.92 Å². The first-order valence-electron chi connectivity index (χ1n) is 4.55. The van der Waals surface area contributed by atoms with Crippen molar-refractivity contribution in [3.8, 4) is 0 Å². The molecular weight excluding hydrogens is 152 g/mol. The van der Waals surface area contributed by atoms with Gasteiger partial charge in [-0.15, -0.1) is 6.58 Å². The zero-order valence-electron chi connectivity index (χ0n) is 8.01. The first-order chi connectivity index (χ1) is 5.76. The molecule has 70 valence electrons. The minimum atomic E-state index is -0.131. The smallest absolute Gasteiger partial charge is 0.312 e. The molecule has 0 bridgehead atoms. The van der Waals surface area contributed by atoms with Crippen molar-refractivity contribution in [2.75, 3.05) is 6.61 Å². The Kier molecular flexibility index (Phi) is 6.44. The van der Waals surface area contributed by atoms with E-state index in [0.29, 0.717) is 6.61 Å². The summed E-state index contributed by atoms with van der Waals surface area (Å²) in [7, 11) is 0. The molecule has 0 rings (SSSR count). The van der Waals surface area contributed by atoms with E-state index in [4.69, 9.17) is 4.74 Å². The van der Waals surface area contributed by atoms with E-state index in [9.17, 15) is 4.79 Å². The first kappa shape index (κ1) is 11.2. The van der Waals surface area contributed by atoms with Gasteiger partial charge in [0.2, 0.25) is 0 Å². The zero-order valence-corrected chi connectivity index (χ0v) is 8.01. The fourth-order valence-corrected chi connectivity index (χ4v) is 0.953. The summed E-state index contributed by atoms with van der Waals surface area (Å²) in [6.45, 7) is 8.16. The van der Waals surface area contributed by atoms with Crippen LogP contribution in [0.25, 0.3) is 0 Å². The van der Waals surface area contributed by atoms with Crippen molar-refractivity contribution in [3.63, 3.8) is 0 Å². The molecule has 0 heterocycles. The third-order valence-corrected chi connectivity index (χ3v) is 1.64. The Hall–Kier alpha value is -0.790. The Morgan fingerprint density at radius 2 is 2.17 bits per heavy atom. The lowest BCUT2D eigenvalue weighted by molar-refractivity contribution is -0.147. The van der Waals surface area contributed by atoms with Crippen molar-refractivity contribution < 1.29 is 9.53 Å². The molecule has 2 heteroatoms. The van der Waals surface area contributed by atoms with Crippen molar-refractivity contribution >= 4 is 5.97 Å². The summed E-state index contributed by atoms with van der Waals surface area (Å²) in [6.07, 6.45) is 4.37. The average molecular weight is 170 g/mol. The Bertz CT molecular complexity index is 141. The fourth-order valence-electron chi connectivity index (χ4n) is 0.953. The van der Waals surface area contributed by atoms with E-state index in [1.807, 2.05) is 13.8 Å². The lowest BCUT2D eigenvalue weighted by atomic mass is 10.0. The summed E-state index contributed by atoms with van der Waals surface area (Å²) in [4.78, 5) is 11.2. The molecule has 0 aromatic carbocycles. The lowest BCUT2D eigenvalue weighted by Crippen LogP contribution is -2.15. The number of rotatable bonds is 6. The van der Waals surface area contributed by atoms with Gasteiger partial charge in [-0.2, -0.15) is 0 Å². The van der Waals surface area contributed by atoms with E-state index in [2.05, 4.69) is 6.58 Å².